The Bertz CT molecular complexity index is 924. The topological polar surface area (TPSA) is 73.8 Å². The Morgan fingerprint density at radius 2 is 1.89 bits per heavy atom. The van der Waals surface area contributed by atoms with Crippen LogP contribution in [0.25, 0.3) is 21.8 Å². The van der Waals surface area contributed by atoms with Gasteiger partial charge in [0, 0.05) is 28.9 Å². The minimum atomic E-state index is -1.26. The summed E-state index contributed by atoms with van der Waals surface area (Å²) in [5.74, 6) is 0.130. The Balaban J connectivity index is 1.81. The van der Waals surface area contributed by atoms with Gasteiger partial charge >= 0.3 is 5.16 Å². The number of hydrogen-bond donors (Lipinski definition) is 1. The number of hydrogen-bond acceptors (Lipinski definition) is 6. The van der Waals surface area contributed by atoms with Crippen LogP contribution in [0.4, 0.5) is 4.39 Å². The molecule has 0 spiro atoms. The Morgan fingerprint density at radius 3 is 2.59 bits per heavy atom. The van der Waals surface area contributed by atoms with Crippen LogP contribution in [0.1, 0.15) is 23.8 Å². The fourth-order valence-electron chi connectivity index (χ4n) is 3.16. The van der Waals surface area contributed by atoms with Crippen LogP contribution >= 0.6 is 11.3 Å². The second-order valence-electron chi connectivity index (χ2n) is 6.44. The van der Waals surface area contributed by atoms with Crippen molar-refractivity contribution in [1.29, 1.82) is 0 Å². The number of aromatic nitrogens is 3. The van der Waals surface area contributed by atoms with Crippen LogP contribution in [0.3, 0.4) is 0 Å². The molecular formula is C19H19FN4OS2. The molecule has 0 saturated carbocycles. The zero-order chi connectivity index (χ0) is 18.8. The molecular weight excluding hydrogens is 383 g/mol. The lowest BCUT2D eigenvalue weighted by molar-refractivity contribution is 0.459. The molecule has 0 amide bonds. The number of nitrogens with one attached hydrogen (secondary N) is 1. The van der Waals surface area contributed by atoms with Crippen LogP contribution in [-0.4, -0.2) is 38.8 Å². The van der Waals surface area contributed by atoms with E-state index in [1.165, 1.54) is 12.1 Å². The summed E-state index contributed by atoms with van der Waals surface area (Å²) >= 11 is 0.356. The smallest absolute Gasteiger partial charge is 0.342 e. The lowest BCUT2D eigenvalue weighted by atomic mass is 9.99. The van der Waals surface area contributed by atoms with Crippen molar-refractivity contribution in [3.63, 3.8) is 0 Å². The molecule has 1 unspecified atom stereocenters. The van der Waals surface area contributed by atoms with Crippen LogP contribution in [0.15, 0.2) is 41.7 Å². The summed E-state index contributed by atoms with van der Waals surface area (Å²) in [5, 5.41) is 4.75. The van der Waals surface area contributed by atoms with Gasteiger partial charge in [-0.05, 0) is 56.3 Å². The monoisotopic (exact) mass is 402 g/mol. The summed E-state index contributed by atoms with van der Waals surface area (Å²) in [6.07, 6.45) is 5.28. The maximum atomic E-state index is 13.4. The average Bonchev–Trinajstić information content (AvgIpc) is 3.15. The van der Waals surface area contributed by atoms with Gasteiger partial charge in [-0.1, -0.05) is 0 Å². The summed E-state index contributed by atoms with van der Waals surface area (Å²) in [7, 11) is 0. The van der Waals surface area contributed by atoms with E-state index in [1.54, 1.807) is 35.9 Å². The van der Waals surface area contributed by atoms with E-state index in [4.69, 9.17) is 4.98 Å². The van der Waals surface area contributed by atoms with E-state index in [0.717, 1.165) is 47.1 Å². The average molecular weight is 403 g/mol. The van der Waals surface area contributed by atoms with Crippen LogP contribution in [0.2, 0.25) is 0 Å². The van der Waals surface area contributed by atoms with Gasteiger partial charge in [-0.3, -0.25) is 0 Å². The van der Waals surface area contributed by atoms with Crippen molar-refractivity contribution < 1.29 is 8.94 Å². The molecule has 3 heterocycles. The van der Waals surface area contributed by atoms with E-state index in [-0.39, 0.29) is 5.82 Å². The Hall–Kier alpha value is -1.87. The first-order chi connectivity index (χ1) is 13.1. The lowest BCUT2D eigenvalue weighted by Crippen LogP contribution is -2.26. The van der Waals surface area contributed by atoms with Gasteiger partial charge in [0.15, 0.2) is 0 Å². The molecule has 0 aliphatic carbocycles. The second-order valence-corrected chi connectivity index (χ2v) is 8.74. The van der Waals surface area contributed by atoms with E-state index in [2.05, 4.69) is 15.3 Å². The first-order valence-electron chi connectivity index (χ1n) is 8.76. The van der Waals surface area contributed by atoms with Gasteiger partial charge in [0.25, 0.3) is 0 Å². The minimum Gasteiger partial charge on any atom is -0.609 e. The highest BCUT2D eigenvalue weighted by Gasteiger charge is 2.24. The third kappa shape index (κ3) is 4.03. The molecule has 27 heavy (non-hydrogen) atoms. The van der Waals surface area contributed by atoms with Crippen LogP contribution in [0, 0.1) is 5.82 Å². The van der Waals surface area contributed by atoms with Gasteiger partial charge in [-0.2, -0.15) is 9.97 Å². The first kappa shape index (κ1) is 18.5. The maximum absolute atomic E-state index is 13.4. The van der Waals surface area contributed by atoms with Crippen molar-refractivity contribution in [2.24, 2.45) is 0 Å². The van der Waals surface area contributed by atoms with Crippen LogP contribution in [0.5, 0.6) is 0 Å². The summed E-state index contributed by atoms with van der Waals surface area (Å²) in [5.41, 5.74) is 2.34. The largest absolute Gasteiger partial charge is 0.609 e. The van der Waals surface area contributed by atoms with Gasteiger partial charge in [0.2, 0.25) is 0 Å². The standard InChI is InChI=1S/C19H19FN4OS2/c1-27(25)19-22-11-8-15(23-19)17-16(12-2-4-14(20)5-3-12)24-18(26-17)13-6-9-21-10-7-13/h2-5,8,11,13,21H,6-7,9-10H2,1H3. The van der Waals surface area contributed by atoms with Gasteiger partial charge in [0.1, 0.15) is 12.1 Å². The first-order valence-corrected chi connectivity index (χ1v) is 11.1. The molecule has 1 N–H and O–H groups in total. The third-order valence-corrected chi connectivity index (χ3v) is 6.52. The van der Waals surface area contributed by atoms with Crippen molar-refractivity contribution in [3.05, 3.63) is 47.4 Å². The molecule has 2 aromatic heterocycles. The van der Waals surface area contributed by atoms with Gasteiger partial charge < -0.3 is 9.87 Å². The van der Waals surface area contributed by atoms with Crippen molar-refractivity contribution in [2.75, 3.05) is 19.3 Å². The summed E-state index contributed by atoms with van der Waals surface area (Å²) < 4.78 is 25.2. The number of thiazole rings is 1. The molecule has 5 nitrogen and oxygen atoms in total. The third-order valence-electron chi connectivity index (χ3n) is 4.57. The fourth-order valence-corrected chi connectivity index (χ4v) is 4.83. The van der Waals surface area contributed by atoms with Crippen molar-refractivity contribution >= 4 is 22.5 Å². The highest BCUT2D eigenvalue weighted by atomic mass is 32.2. The zero-order valence-corrected chi connectivity index (χ0v) is 16.4. The molecule has 1 saturated heterocycles. The van der Waals surface area contributed by atoms with Crippen molar-refractivity contribution in [3.8, 4) is 21.8 Å². The Kier molecular flexibility index (Phi) is 5.49. The highest BCUT2D eigenvalue weighted by molar-refractivity contribution is 7.90. The molecule has 0 bridgehead atoms. The number of nitrogens with zero attached hydrogens (tertiary/aromatic N) is 3. The van der Waals surface area contributed by atoms with Gasteiger partial charge in [0.05, 0.1) is 21.3 Å². The molecule has 1 fully saturated rings. The molecule has 1 aromatic carbocycles. The quantitative estimate of drug-likeness (QED) is 0.533. The van der Waals surface area contributed by atoms with Gasteiger partial charge in [-0.15, -0.1) is 11.3 Å². The molecule has 0 radical (unpaired) electrons. The molecule has 140 valence electrons. The Morgan fingerprint density at radius 1 is 1.15 bits per heavy atom. The number of halogens is 1. The van der Waals surface area contributed by atoms with E-state index in [0.29, 0.717) is 16.8 Å². The predicted molar refractivity (Wildman–Crippen MR) is 106 cm³/mol. The zero-order valence-electron chi connectivity index (χ0n) is 14.8. The Labute approximate surface area is 164 Å². The molecule has 1 aliphatic rings. The summed E-state index contributed by atoms with van der Waals surface area (Å²) in [4.78, 5) is 14.4. The molecule has 1 aliphatic heterocycles. The number of piperidine rings is 1. The van der Waals surface area contributed by atoms with E-state index >= 15 is 0 Å². The van der Waals surface area contributed by atoms with Crippen LogP contribution in [-0.2, 0) is 11.2 Å². The van der Waals surface area contributed by atoms with E-state index in [1.807, 2.05) is 6.07 Å². The molecule has 3 aromatic rings. The minimum absolute atomic E-state index is 0.278. The SMILES string of the molecule is C[S+]([O-])c1nccc(-c2sc(C3CCNCC3)nc2-c2ccc(F)cc2)n1. The van der Waals surface area contributed by atoms with Crippen molar-refractivity contribution in [1.82, 2.24) is 20.3 Å². The lowest BCUT2D eigenvalue weighted by Gasteiger charge is -2.20. The fraction of sp³-hybridized carbons (Fsp3) is 0.316. The van der Waals surface area contributed by atoms with E-state index < -0.39 is 11.2 Å². The second kappa shape index (κ2) is 8.02. The van der Waals surface area contributed by atoms with Crippen LogP contribution < -0.4 is 5.32 Å². The van der Waals surface area contributed by atoms with Crippen molar-refractivity contribution in [2.45, 2.75) is 23.9 Å². The molecule has 8 heteroatoms. The number of benzene rings is 1. The predicted octanol–water partition coefficient (Wildman–Crippen LogP) is 3.61. The maximum Gasteiger partial charge on any atom is 0.342 e. The molecule has 4 rings (SSSR count). The highest BCUT2D eigenvalue weighted by Crippen LogP contribution is 2.40. The summed E-state index contributed by atoms with van der Waals surface area (Å²) in [6, 6.07) is 8.16. The molecule has 1 atom stereocenters. The summed E-state index contributed by atoms with van der Waals surface area (Å²) in [6.45, 7) is 1.97. The number of rotatable bonds is 4. The normalized spacial score (nSPS) is 16.4. The van der Waals surface area contributed by atoms with E-state index in [9.17, 15) is 8.94 Å². The van der Waals surface area contributed by atoms with Gasteiger partial charge in [-0.25, -0.2) is 9.37 Å².